The Hall–Kier alpha value is -1.26. The number of aromatic nitrogens is 1. The number of rotatable bonds is 6. The van der Waals surface area contributed by atoms with Gasteiger partial charge in [0.2, 0.25) is 0 Å². The lowest BCUT2D eigenvalue weighted by atomic mass is 10.0. The van der Waals surface area contributed by atoms with Gasteiger partial charge in [-0.1, -0.05) is 22.0 Å². The van der Waals surface area contributed by atoms with Crippen molar-refractivity contribution in [2.24, 2.45) is 0 Å². The number of nitrogens with one attached hydrogen (secondary N) is 1. The molecule has 106 valence electrons. The van der Waals surface area contributed by atoms with Crippen molar-refractivity contribution in [1.29, 1.82) is 0 Å². The first kappa shape index (κ1) is 15.1. The summed E-state index contributed by atoms with van der Waals surface area (Å²) < 4.78 is 14.3. The molecular weight excluding hydrogens is 319 g/mol. The van der Waals surface area contributed by atoms with Gasteiger partial charge in [-0.3, -0.25) is 4.98 Å². The van der Waals surface area contributed by atoms with E-state index in [4.69, 9.17) is 0 Å². The van der Waals surface area contributed by atoms with Crippen LogP contribution in [-0.4, -0.2) is 18.1 Å². The van der Waals surface area contributed by atoms with Crippen molar-refractivity contribution in [1.82, 2.24) is 10.3 Å². The SMILES string of the molecule is CNC(CCc1ccccn1)Cc1cc(F)ccc1Br. The van der Waals surface area contributed by atoms with Gasteiger partial charge < -0.3 is 5.32 Å². The molecule has 4 heteroatoms. The molecule has 20 heavy (non-hydrogen) atoms. The monoisotopic (exact) mass is 336 g/mol. The molecule has 0 aliphatic rings. The largest absolute Gasteiger partial charge is 0.317 e. The third-order valence-electron chi connectivity index (χ3n) is 3.36. The summed E-state index contributed by atoms with van der Waals surface area (Å²) in [5, 5.41) is 3.30. The highest BCUT2D eigenvalue weighted by atomic mass is 79.9. The number of hydrogen-bond donors (Lipinski definition) is 1. The molecule has 2 nitrogen and oxygen atoms in total. The number of halogens is 2. The molecule has 1 aromatic carbocycles. The van der Waals surface area contributed by atoms with Crippen LogP contribution in [0.1, 0.15) is 17.7 Å². The van der Waals surface area contributed by atoms with Crippen molar-refractivity contribution < 1.29 is 4.39 Å². The first-order valence-electron chi connectivity index (χ1n) is 6.70. The Morgan fingerprint density at radius 3 is 2.85 bits per heavy atom. The normalized spacial score (nSPS) is 12.3. The van der Waals surface area contributed by atoms with Gasteiger partial charge in [-0.15, -0.1) is 0 Å². The van der Waals surface area contributed by atoms with Crippen molar-refractivity contribution >= 4 is 15.9 Å². The van der Waals surface area contributed by atoms with Crippen LogP contribution in [0, 0.1) is 5.82 Å². The van der Waals surface area contributed by atoms with E-state index in [-0.39, 0.29) is 5.82 Å². The van der Waals surface area contributed by atoms with E-state index in [0.29, 0.717) is 6.04 Å². The van der Waals surface area contributed by atoms with Gasteiger partial charge in [0.15, 0.2) is 0 Å². The summed E-state index contributed by atoms with van der Waals surface area (Å²) in [5.41, 5.74) is 2.08. The minimum absolute atomic E-state index is 0.192. The summed E-state index contributed by atoms with van der Waals surface area (Å²) in [6.07, 6.45) is 4.49. The van der Waals surface area contributed by atoms with Gasteiger partial charge in [0.25, 0.3) is 0 Å². The highest BCUT2D eigenvalue weighted by Crippen LogP contribution is 2.20. The minimum Gasteiger partial charge on any atom is -0.317 e. The second-order valence-electron chi connectivity index (χ2n) is 4.79. The van der Waals surface area contributed by atoms with Crippen LogP contribution < -0.4 is 5.32 Å². The van der Waals surface area contributed by atoms with E-state index >= 15 is 0 Å². The Labute approximate surface area is 127 Å². The molecule has 2 aromatic rings. The van der Waals surface area contributed by atoms with Crippen LogP contribution in [0.15, 0.2) is 47.1 Å². The molecule has 1 heterocycles. The summed E-state index contributed by atoms with van der Waals surface area (Å²) in [7, 11) is 1.94. The summed E-state index contributed by atoms with van der Waals surface area (Å²) in [4.78, 5) is 4.33. The molecule has 1 atom stereocenters. The second kappa shape index (κ2) is 7.50. The predicted molar refractivity (Wildman–Crippen MR) is 83.2 cm³/mol. The Balaban J connectivity index is 1.97. The molecule has 0 amide bonds. The van der Waals surface area contributed by atoms with Crippen LogP contribution in [0.2, 0.25) is 0 Å². The molecule has 0 saturated heterocycles. The Morgan fingerprint density at radius 2 is 2.15 bits per heavy atom. The van der Waals surface area contributed by atoms with Gasteiger partial charge in [-0.05, 0) is 62.2 Å². The lowest BCUT2D eigenvalue weighted by Gasteiger charge is -2.17. The zero-order chi connectivity index (χ0) is 14.4. The average Bonchev–Trinajstić information content (AvgIpc) is 2.48. The standard InChI is InChI=1S/C16H18BrFN2/c1-19-15(7-6-14-4-2-3-9-20-14)11-12-10-13(18)5-8-16(12)17/h2-5,8-10,15,19H,6-7,11H2,1H3. The Kier molecular flexibility index (Phi) is 5.68. The van der Waals surface area contributed by atoms with Gasteiger partial charge in [0, 0.05) is 22.4 Å². The zero-order valence-electron chi connectivity index (χ0n) is 11.4. The first-order chi connectivity index (χ1) is 9.69. The van der Waals surface area contributed by atoms with Crippen LogP contribution in [0.4, 0.5) is 4.39 Å². The molecule has 0 radical (unpaired) electrons. The molecule has 1 aromatic heterocycles. The predicted octanol–water partition coefficient (Wildman–Crippen LogP) is 3.75. The maximum absolute atomic E-state index is 13.3. The first-order valence-corrected chi connectivity index (χ1v) is 7.49. The number of pyridine rings is 1. The van der Waals surface area contributed by atoms with Crippen LogP contribution in [0.25, 0.3) is 0 Å². The van der Waals surface area contributed by atoms with E-state index in [2.05, 4.69) is 26.2 Å². The van der Waals surface area contributed by atoms with Crippen molar-refractivity contribution in [3.63, 3.8) is 0 Å². The molecular formula is C16H18BrFN2. The summed E-state index contributed by atoms with van der Waals surface area (Å²) in [5.74, 6) is -0.192. The Bertz CT molecular complexity index is 545. The fourth-order valence-electron chi connectivity index (χ4n) is 2.18. The number of likely N-dealkylation sites (N-methyl/N-ethyl adjacent to an activating group) is 1. The van der Waals surface area contributed by atoms with Crippen molar-refractivity contribution in [3.8, 4) is 0 Å². The second-order valence-corrected chi connectivity index (χ2v) is 5.64. The molecule has 1 unspecified atom stereocenters. The van der Waals surface area contributed by atoms with E-state index in [1.165, 1.54) is 6.07 Å². The Morgan fingerprint density at radius 1 is 1.30 bits per heavy atom. The van der Waals surface area contributed by atoms with Gasteiger partial charge in [-0.2, -0.15) is 0 Å². The van der Waals surface area contributed by atoms with Gasteiger partial charge in [-0.25, -0.2) is 4.39 Å². The third kappa shape index (κ3) is 4.39. The fourth-order valence-corrected chi connectivity index (χ4v) is 2.59. The van der Waals surface area contributed by atoms with Crippen LogP contribution in [-0.2, 0) is 12.8 Å². The maximum atomic E-state index is 13.3. The third-order valence-corrected chi connectivity index (χ3v) is 4.13. The van der Waals surface area contributed by atoms with E-state index < -0.39 is 0 Å². The summed E-state index contributed by atoms with van der Waals surface area (Å²) in [6, 6.07) is 11.1. The highest BCUT2D eigenvalue weighted by Gasteiger charge is 2.11. The molecule has 0 aliphatic heterocycles. The minimum atomic E-state index is -0.192. The van der Waals surface area contributed by atoms with Gasteiger partial charge >= 0.3 is 0 Å². The number of benzene rings is 1. The lowest BCUT2D eigenvalue weighted by Crippen LogP contribution is -2.28. The molecule has 0 saturated carbocycles. The summed E-state index contributed by atoms with van der Waals surface area (Å²) >= 11 is 3.48. The van der Waals surface area contributed by atoms with Crippen molar-refractivity contribution in [2.75, 3.05) is 7.05 Å². The average molecular weight is 337 g/mol. The van der Waals surface area contributed by atoms with Crippen molar-refractivity contribution in [2.45, 2.75) is 25.3 Å². The number of aryl methyl sites for hydroxylation is 1. The number of hydrogen-bond acceptors (Lipinski definition) is 2. The van der Waals surface area contributed by atoms with E-state index in [1.54, 1.807) is 12.1 Å². The van der Waals surface area contributed by atoms with Crippen LogP contribution in [0.5, 0.6) is 0 Å². The van der Waals surface area contributed by atoms with E-state index in [9.17, 15) is 4.39 Å². The smallest absolute Gasteiger partial charge is 0.123 e. The molecule has 1 N–H and O–H groups in total. The molecule has 0 bridgehead atoms. The molecule has 0 spiro atoms. The molecule has 0 fully saturated rings. The lowest BCUT2D eigenvalue weighted by molar-refractivity contribution is 0.514. The van der Waals surface area contributed by atoms with Crippen molar-refractivity contribution in [3.05, 3.63) is 64.1 Å². The quantitative estimate of drug-likeness (QED) is 0.868. The molecule has 0 aliphatic carbocycles. The topological polar surface area (TPSA) is 24.9 Å². The highest BCUT2D eigenvalue weighted by molar-refractivity contribution is 9.10. The number of nitrogens with zero attached hydrogens (tertiary/aromatic N) is 1. The van der Waals surface area contributed by atoms with Crippen LogP contribution in [0.3, 0.4) is 0 Å². The van der Waals surface area contributed by atoms with E-state index in [0.717, 1.165) is 35.0 Å². The van der Waals surface area contributed by atoms with E-state index in [1.807, 2.05) is 31.4 Å². The van der Waals surface area contributed by atoms with Gasteiger partial charge in [0.1, 0.15) is 5.82 Å². The van der Waals surface area contributed by atoms with Crippen LogP contribution >= 0.6 is 15.9 Å². The summed E-state index contributed by atoms with van der Waals surface area (Å²) in [6.45, 7) is 0. The molecule has 2 rings (SSSR count). The van der Waals surface area contributed by atoms with Gasteiger partial charge in [0.05, 0.1) is 0 Å². The zero-order valence-corrected chi connectivity index (χ0v) is 13.0. The fraction of sp³-hybridized carbons (Fsp3) is 0.312. The maximum Gasteiger partial charge on any atom is 0.123 e.